The lowest BCUT2D eigenvalue weighted by Crippen LogP contribution is -2.30. The van der Waals surface area contributed by atoms with Crippen LogP contribution in [0.15, 0.2) is 46.3 Å². The van der Waals surface area contributed by atoms with Gasteiger partial charge in [0.1, 0.15) is 0 Å². The fraction of sp³-hybridized carbons (Fsp3) is 0.235. The summed E-state index contributed by atoms with van der Waals surface area (Å²) in [7, 11) is 0. The summed E-state index contributed by atoms with van der Waals surface area (Å²) in [5.74, 6) is 1.44. The van der Waals surface area contributed by atoms with Crippen molar-refractivity contribution in [3.63, 3.8) is 0 Å². The largest absolute Gasteiger partial charge is 0.350 e. The average molecular weight is 394 g/mol. The zero-order chi connectivity index (χ0) is 17.6. The maximum atomic E-state index is 12.1. The normalized spacial score (nSPS) is 12.1. The number of amides is 1. The van der Waals surface area contributed by atoms with Gasteiger partial charge in [0.2, 0.25) is 17.6 Å². The fourth-order valence-electron chi connectivity index (χ4n) is 2.06. The second-order valence-electron chi connectivity index (χ2n) is 5.27. The highest BCUT2D eigenvalue weighted by Gasteiger charge is 2.16. The minimum atomic E-state index is -0.207. The van der Waals surface area contributed by atoms with Crippen molar-refractivity contribution in [2.75, 3.05) is 0 Å². The summed E-state index contributed by atoms with van der Waals surface area (Å²) in [6, 6.07) is 11.2. The van der Waals surface area contributed by atoms with Crippen molar-refractivity contribution in [2.45, 2.75) is 24.5 Å². The molecule has 0 aliphatic heterocycles. The smallest absolute Gasteiger partial charge is 0.236 e. The molecule has 0 saturated heterocycles. The third-order valence-corrected chi connectivity index (χ3v) is 5.63. The number of nitrogens with zero attached hydrogens (tertiary/aromatic N) is 2. The number of rotatable bonds is 7. The number of aromatic nitrogens is 2. The number of carbonyl (C=O) groups is 1. The Kier molecular flexibility index (Phi) is 6.12. The second kappa shape index (κ2) is 8.51. The summed E-state index contributed by atoms with van der Waals surface area (Å²) in [6.45, 7) is 2.42. The van der Waals surface area contributed by atoms with E-state index in [2.05, 4.69) is 15.5 Å². The monoisotopic (exact) mass is 393 g/mol. The van der Waals surface area contributed by atoms with Crippen LogP contribution in [-0.4, -0.2) is 21.3 Å². The standard InChI is InChI=1S/C17H16ClN3O2S2/c1-11(17(22)19-9-14-6-3-7-24-14)25-10-15-20-16(21-23-15)12-4-2-5-13(18)8-12/h2-8,11H,9-10H2,1H3,(H,19,22). The number of hydrogen-bond donors (Lipinski definition) is 1. The molecule has 2 heterocycles. The van der Waals surface area contributed by atoms with E-state index in [4.69, 9.17) is 16.1 Å². The molecule has 1 unspecified atom stereocenters. The van der Waals surface area contributed by atoms with Gasteiger partial charge >= 0.3 is 0 Å². The van der Waals surface area contributed by atoms with E-state index in [-0.39, 0.29) is 11.2 Å². The van der Waals surface area contributed by atoms with Crippen molar-refractivity contribution in [1.29, 1.82) is 0 Å². The summed E-state index contributed by atoms with van der Waals surface area (Å²) < 4.78 is 5.25. The van der Waals surface area contributed by atoms with Crippen LogP contribution in [-0.2, 0) is 17.1 Å². The van der Waals surface area contributed by atoms with Crippen LogP contribution in [0.5, 0.6) is 0 Å². The van der Waals surface area contributed by atoms with Crippen LogP contribution in [0.25, 0.3) is 11.4 Å². The highest BCUT2D eigenvalue weighted by molar-refractivity contribution is 7.99. The highest BCUT2D eigenvalue weighted by Crippen LogP contribution is 2.22. The van der Waals surface area contributed by atoms with E-state index in [1.54, 1.807) is 23.5 Å². The predicted octanol–water partition coefficient (Wildman–Crippen LogP) is 4.39. The first-order valence-corrected chi connectivity index (χ1v) is 9.92. The predicted molar refractivity (Wildman–Crippen MR) is 102 cm³/mol. The van der Waals surface area contributed by atoms with E-state index in [1.807, 2.05) is 36.6 Å². The maximum Gasteiger partial charge on any atom is 0.236 e. The summed E-state index contributed by atoms with van der Waals surface area (Å²) in [4.78, 5) is 17.6. The molecule has 3 rings (SSSR count). The zero-order valence-corrected chi connectivity index (χ0v) is 15.8. The number of carbonyl (C=O) groups excluding carboxylic acids is 1. The van der Waals surface area contributed by atoms with Gasteiger partial charge in [0.25, 0.3) is 0 Å². The van der Waals surface area contributed by atoms with Crippen LogP contribution in [0.4, 0.5) is 0 Å². The van der Waals surface area contributed by atoms with Crippen LogP contribution >= 0.6 is 34.7 Å². The SMILES string of the molecule is CC(SCc1nc(-c2cccc(Cl)c2)no1)C(=O)NCc1cccs1. The molecule has 0 saturated carbocycles. The van der Waals surface area contributed by atoms with Gasteiger partial charge in [0.05, 0.1) is 17.5 Å². The molecule has 0 bridgehead atoms. The van der Waals surface area contributed by atoms with Crippen LogP contribution in [0, 0.1) is 0 Å². The van der Waals surface area contributed by atoms with Crippen molar-refractivity contribution in [3.8, 4) is 11.4 Å². The van der Waals surface area contributed by atoms with E-state index in [1.165, 1.54) is 11.8 Å². The van der Waals surface area contributed by atoms with Crippen molar-refractivity contribution < 1.29 is 9.32 Å². The molecule has 25 heavy (non-hydrogen) atoms. The van der Waals surface area contributed by atoms with Crippen molar-refractivity contribution in [2.24, 2.45) is 0 Å². The molecule has 1 amide bonds. The Morgan fingerprint density at radius 2 is 2.28 bits per heavy atom. The zero-order valence-electron chi connectivity index (χ0n) is 13.4. The Bertz CT molecular complexity index is 836. The van der Waals surface area contributed by atoms with Crippen molar-refractivity contribution >= 4 is 40.6 Å². The van der Waals surface area contributed by atoms with Crippen molar-refractivity contribution in [3.05, 3.63) is 57.6 Å². The molecule has 0 radical (unpaired) electrons. The van der Waals surface area contributed by atoms with Gasteiger partial charge in [-0.25, -0.2) is 0 Å². The molecule has 0 aliphatic rings. The quantitative estimate of drug-likeness (QED) is 0.644. The Labute approximate surface area is 158 Å². The first-order valence-electron chi connectivity index (χ1n) is 7.62. The highest BCUT2D eigenvalue weighted by atomic mass is 35.5. The number of nitrogens with one attached hydrogen (secondary N) is 1. The van der Waals surface area contributed by atoms with Crippen LogP contribution in [0.1, 0.15) is 17.7 Å². The number of halogens is 1. The molecule has 0 aliphatic carbocycles. The van der Waals surface area contributed by atoms with Gasteiger partial charge in [-0.1, -0.05) is 35.0 Å². The molecule has 130 valence electrons. The Morgan fingerprint density at radius 3 is 3.04 bits per heavy atom. The third-order valence-electron chi connectivity index (χ3n) is 3.39. The fourth-order valence-corrected chi connectivity index (χ4v) is 3.64. The lowest BCUT2D eigenvalue weighted by molar-refractivity contribution is -0.120. The van der Waals surface area contributed by atoms with Crippen molar-refractivity contribution in [1.82, 2.24) is 15.5 Å². The van der Waals surface area contributed by atoms with Crippen LogP contribution in [0.2, 0.25) is 5.02 Å². The Morgan fingerprint density at radius 1 is 1.40 bits per heavy atom. The average Bonchev–Trinajstić information content (AvgIpc) is 3.29. The van der Waals surface area contributed by atoms with Gasteiger partial charge in [-0.3, -0.25) is 4.79 Å². The second-order valence-corrected chi connectivity index (χ2v) is 8.07. The minimum absolute atomic E-state index is 0.00650. The van der Waals surface area contributed by atoms with E-state index >= 15 is 0 Å². The molecule has 3 aromatic rings. The molecule has 8 heteroatoms. The number of thioether (sulfide) groups is 1. The minimum Gasteiger partial charge on any atom is -0.350 e. The van der Waals surface area contributed by atoms with Crippen LogP contribution in [0.3, 0.4) is 0 Å². The molecule has 5 nitrogen and oxygen atoms in total. The molecule has 0 spiro atoms. The summed E-state index contributed by atoms with van der Waals surface area (Å²) in [5, 5.41) is 9.30. The Balaban J connectivity index is 1.50. The van der Waals surface area contributed by atoms with E-state index in [0.29, 0.717) is 29.0 Å². The van der Waals surface area contributed by atoms with E-state index in [0.717, 1.165) is 10.4 Å². The van der Waals surface area contributed by atoms with Gasteiger partial charge in [0.15, 0.2) is 0 Å². The first-order chi connectivity index (χ1) is 12.1. The topological polar surface area (TPSA) is 68.0 Å². The van der Waals surface area contributed by atoms with Gasteiger partial charge < -0.3 is 9.84 Å². The molecular formula is C17H16ClN3O2S2. The number of hydrogen-bond acceptors (Lipinski definition) is 6. The molecule has 1 N–H and O–H groups in total. The van der Waals surface area contributed by atoms with Crippen LogP contribution < -0.4 is 5.32 Å². The van der Waals surface area contributed by atoms with Gasteiger partial charge in [-0.15, -0.1) is 23.1 Å². The Hall–Kier alpha value is -1.83. The maximum absolute atomic E-state index is 12.1. The summed E-state index contributed by atoms with van der Waals surface area (Å²) >= 11 is 9.05. The summed E-state index contributed by atoms with van der Waals surface area (Å²) in [5.41, 5.74) is 0.800. The van der Waals surface area contributed by atoms with E-state index in [9.17, 15) is 4.79 Å². The summed E-state index contributed by atoms with van der Waals surface area (Å²) in [6.07, 6.45) is 0. The van der Waals surface area contributed by atoms with Gasteiger partial charge in [-0.2, -0.15) is 4.98 Å². The lowest BCUT2D eigenvalue weighted by Gasteiger charge is -2.10. The lowest BCUT2D eigenvalue weighted by atomic mass is 10.2. The van der Waals surface area contributed by atoms with Gasteiger partial charge in [-0.05, 0) is 30.5 Å². The van der Waals surface area contributed by atoms with E-state index < -0.39 is 0 Å². The third kappa shape index (κ3) is 5.07. The molecule has 0 fully saturated rings. The molecule has 1 aromatic carbocycles. The molecule has 2 aromatic heterocycles. The molecular weight excluding hydrogens is 378 g/mol. The molecule has 1 atom stereocenters. The van der Waals surface area contributed by atoms with Gasteiger partial charge in [0, 0.05) is 15.5 Å². The number of thiophene rings is 1. The first kappa shape index (κ1) is 18.0. The number of benzene rings is 1.